The third kappa shape index (κ3) is 2.24. The van der Waals surface area contributed by atoms with Crippen molar-refractivity contribution in [3.63, 3.8) is 0 Å². The Balaban J connectivity index is 1.84. The lowest BCUT2D eigenvalue weighted by Crippen LogP contribution is -2.55. The van der Waals surface area contributed by atoms with Crippen molar-refractivity contribution in [1.82, 2.24) is 0 Å². The van der Waals surface area contributed by atoms with Crippen LogP contribution in [0.5, 0.6) is 0 Å². The van der Waals surface area contributed by atoms with Gasteiger partial charge in [-0.25, -0.2) is 0 Å². The monoisotopic (exact) mass is 232 g/mol. The van der Waals surface area contributed by atoms with Gasteiger partial charge >= 0.3 is 0 Å². The summed E-state index contributed by atoms with van der Waals surface area (Å²) in [5.74, 6) is 0. The molecule has 16 heavy (non-hydrogen) atoms. The minimum atomic E-state index is -0.917. The maximum absolute atomic E-state index is 9.80. The van der Waals surface area contributed by atoms with Gasteiger partial charge in [-0.2, -0.15) is 0 Å². The first kappa shape index (κ1) is 12.3. The molecule has 0 aromatic heterocycles. The second-order valence-electron chi connectivity index (χ2n) is 4.58. The van der Waals surface area contributed by atoms with Gasteiger partial charge < -0.3 is 24.4 Å². The Bertz CT molecular complexity index is 224. The zero-order chi connectivity index (χ0) is 11.6. The predicted octanol–water partition coefficient (Wildman–Crippen LogP) is 0.0403. The standard InChI is InChI=1S/C11H20O5/c1-2-3-4-9-14-6-11(7-15-9)10(13)8(12)5-16-11/h8-10,12-13H,2-7H2,1H3/t8-,9?,10?,11?/m1/s1. The van der Waals surface area contributed by atoms with Gasteiger partial charge in [0.15, 0.2) is 6.29 Å². The van der Waals surface area contributed by atoms with Gasteiger partial charge in [0.2, 0.25) is 0 Å². The lowest BCUT2D eigenvalue weighted by atomic mass is 9.96. The first-order valence-corrected chi connectivity index (χ1v) is 5.91. The van der Waals surface area contributed by atoms with Gasteiger partial charge in [-0.1, -0.05) is 13.3 Å². The highest BCUT2D eigenvalue weighted by Crippen LogP contribution is 2.32. The fourth-order valence-corrected chi connectivity index (χ4v) is 2.13. The number of ether oxygens (including phenoxy) is 3. The average Bonchev–Trinajstić information content (AvgIpc) is 2.58. The van der Waals surface area contributed by atoms with Crippen LogP contribution >= 0.6 is 0 Å². The first-order chi connectivity index (χ1) is 7.68. The fourth-order valence-electron chi connectivity index (χ4n) is 2.13. The van der Waals surface area contributed by atoms with Crippen LogP contribution in [0.1, 0.15) is 26.2 Å². The molecule has 2 saturated heterocycles. The molecule has 0 bridgehead atoms. The minimum Gasteiger partial charge on any atom is -0.388 e. The maximum Gasteiger partial charge on any atom is 0.157 e. The molecule has 2 aliphatic rings. The molecule has 94 valence electrons. The third-order valence-corrected chi connectivity index (χ3v) is 3.27. The Kier molecular flexibility index (Phi) is 3.81. The molecule has 5 nitrogen and oxygen atoms in total. The molecule has 0 saturated carbocycles. The fraction of sp³-hybridized carbons (Fsp3) is 1.00. The Morgan fingerprint density at radius 2 is 1.94 bits per heavy atom. The highest BCUT2D eigenvalue weighted by molar-refractivity contribution is 4.99. The van der Waals surface area contributed by atoms with Crippen molar-refractivity contribution in [2.75, 3.05) is 19.8 Å². The van der Waals surface area contributed by atoms with E-state index in [4.69, 9.17) is 14.2 Å². The van der Waals surface area contributed by atoms with E-state index in [0.717, 1.165) is 19.3 Å². The van der Waals surface area contributed by atoms with Crippen LogP contribution in [-0.4, -0.2) is 54.1 Å². The molecule has 2 fully saturated rings. The van der Waals surface area contributed by atoms with Gasteiger partial charge in [-0.15, -0.1) is 0 Å². The summed E-state index contributed by atoms with van der Waals surface area (Å²) in [6, 6.07) is 0. The van der Waals surface area contributed by atoms with Gasteiger partial charge in [0.25, 0.3) is 0 Å². The van der Waals surface area contributed by atoms with E-state index in [9.17, 15) is 10.2 Å². The van der Waals surface area contributed by atoms with Gasteiger partial charge in [-0.05, 0) is 12.8 Å². The molecule has 5 heteroatoms. The molecule has 2 atom stereocenters. The van der Waals surface area contributed by atoms with E-state index in [1.54, 1.807) is 0 Å². The summed E-state index contributed by atoms with van der Waals surface area (Å²) in [6.07, 6.45) is 1.08. The van der Waals surface area contributed by atoms with Gasteiger partial charge in [-0.3, -0.25) is 0 Å². The van der Waals surface area contributed by atoms with Crippen molar-refractivity contribution >= 4 is 0 Å². The molecule has 1 spiro atoms. The Morgan fingerprint density at radius 1 is 1.25 bits per heavy atom. The molecule has 0 aromatic rings. The highest BCUT2D eigenvalue weighted by Gasteiger charge is 2.52. The SMILES string of the molecule is CCCCC1OCC2(CO1)OC[C@@H](O)C2O. The summed E-state index contributed by atoms with van der Waals surface area (Å²) in [4.78, 5) is 0. The zero-order valence-electron chi connectivity index (χ0n) is 9.59. The summed E-state index contributed by atoms with van der Waals surface area (Å²) < 4.78 is 16.4. The summed E-state index contributed by atoms with van der Waals surface area (Å²) in [7, 11) is 0. The largest absolute Gasteiger partial charge is 0.388 e. The molecule has 1 unspecified atom stereocenters. The number of aliphatic hydroxyl groups is 2. The molecule has 2 aliphatic heterocycles. The van der Waals surface area contributed by atoms with Crippen LogP contribution in [0.25, 0.3) is 0 Å². The number of unbranched alkanes of at least 4 members (excludes halogenated alkanes) is 1. The lowest BCUT2D eigenvalue weighted by molar-refractivity contribution is -0.271. The third-order valence-electron chi connectivity index (χ3n) is 3.27. The Hall–Kier alpha value is -0.200. The van der Waals surface area contributed by atoms with Crippen LogP contribution < -0.4 is 0 Å². The molecule has 2 rings (SSSR count). The Morgan fingerprint density at radius 3 is 2.44 bits per heavy atom. The first-order valence-electron chi connectivity index (χ1n) is 5.91. The van der Waals surface area contributed by atoms with Crippen molar-refractivity contribution in [2.45, 2.75) is 50.3 Å². The topological polar surface area (TPSA) is 68.2 Å². The van der Waals surface area contributed by atoms with Crippen LogP contribution in [-0.2, 0) is 14.2 Å². The van der Waals surface area contributed by atoms with Crippen molar-refractivity contribution < 1.29 is 24.4 Å². The number of hydrogen-bond donors (Lipinski definition) is 2. The zero-order valence-corrected chi connectivity index (χ0v) is 9.59. The molecular weight excluding hydrogens is 212 g/mol. The minimum absolute atomic E-state index is 0.146. The van der Waals surface area contributed by atoms with Crippen molar-refractivity contribution in [3.05, 3.63) is 0 Å². The van der Waals surface area contributed by atoms with Crippen LogP contribution in [0.15, 0.2) is 0 Å². The highest BCUT2D eigenvalue weighted by atomic mass is 16.7. The van der Waals surface area contributed by atoms with E-state index >= 15 is 0 Å². The second kappa shape index (κ2) is 4.98. The number of aliphatic hydroxyl groups excluding tert-OH is 2. The van der Waals surface area contributed by atoms with Crippen molar-refractivity contribution in [1.29, 1.82) is 0 Å². The second-order valence-corrected chi connectivity index (χ2v) is 4.58. The van der Waals surface area contributed by atoms with Gasteiger partial charge in [0, 0.05) is 0 Å². The normalized spacial score (nSPS) is 44.1. The van der Waals surface area contributed by atoms with Crippen molar-refractivity contribution in [3.8, 4) is 0 Å². The number of hydrogen-bond acceptors (Lipinski definition) is 5. The van der Waals surface area contributed by atoms with E-state index in [1.165, 1.54) is 0 Å². The summed E-state index contributed by atoms with van der Waals surface area (Å²) in [5, 5.41) is 19.2. The average molecular weight is 232 g/mol. The summed E-state index contributed by atoms with van der Waals surface area (Å²) in [5.41, 5.74) is -0.859. The summed E-state index contributed by atoms with van der Waals surface area (Å²) in [6.45, 7) is 2.84. The van der Waals surface area contributed by atoms with E-state index in [0.29, 0.717) is 13.2 Å². The number of rotatable bonds is 3. The van der Waals surface area contributed by atoms with Crippen LogP contribution in [0.3, 0.4) is 0 Å². The molecule has 0 aliphatic carbocycles. The molecule has 0 radical (unpaired) electrons. The molecule has 0 amide bonds. The van der Waals surface area contributed by atoms with E-state index in [-0.39, 0.29) is 12.9 Å². The van der Waals surface area contributed by atoms with Crippen LogP contribution in [0, 0.1) is 0 Å². The van der Waals surface area contributed by atoms with E-state index < -0.39 is 17.8 Å². The molecule has 2 heterocycles. The molecule has 0 aromatic carbocycles. The quantitative estimate of drug-likeness (QED) is 0.719. The van der Waals surface area contributed by atoms with Gasteiger partial charge in [0.05, 0.1) is 19.8 Å². The van der Waals surface area contributed by atoms with Gasteiger partial charge in [0.1, 0.15) is 17.8 Å². The van der Waals surface area contributed by atoms with Crippen LogP contribution in [0.2, 0.25) is 0 Å². The maximum atomic E-state index is 9.80. The predicted molar refractivity (Wildman–Crippen MR) is 55.9 cm³/mol. The Labute approximate surface area is 95.3 Å². The van der Waals surface area contributed by atoms with Crippen LogP contribution in [0.4, 0.5) is 0 Å². The van der Waals surface area contributed by atoms with Crippen molar-refractivity contribution in [2.24, 2.45) is 0 Å². The summed E-state index contributed by atoms with van der Waals surface area (Å²) >= 11 is 0. The van der Waals surface area contributed by atoms with E-state index in [2.05, 4.69) is 6.92 Å². The lowest BCUT2D eigenvalue weighted by Gasteiger charge is -2.38. The molecule has 2 N–H and O–H groups in total. The van der Waals surface area contributed by atoms with E-state index in [1.807, 2.05) is 0 Å². The molecular formula is C11H20O5. The smallest absolute Gasteiger partial charge is 0.157 e.